The molecule has 0 radical (unpaired) electrons. The van der Waals surface area contributed by atoms with Gasteiger partial charge in [0.25, 0.3) is 0 Å². The smallest absolute Gasteiger partial charge is 0.246 e. The number of nitrogens with one attached hydrogen (secondary N) is 1. The second-order valence-corrected chi connectivity index (χ2v) is 2.91. The van der Waals surface area contributed by atoms with Crippen LogP contribution in [0.25, 0.3) is 0 Å². The van der Waals surface area contributed by atoms with E-state index in [1.165, 1.54) is 4.68 Å². The topological polar surface area (TPSA) is 98.0 Å². The third kappa shape index (κ3) is 1.84. The summed E-state index contributed by atoms with van der Waals surface area (Å²) < 4.78 is 1.25. The second-order valence-electron chi connectivity index (χ2n) is 2.53. The summed E-state index contributed by atoms with van der Waals surface area (Å²) in [5, 5.41) is 4.21. The fourth-order valence-corrected chi connectivity index (χ4v) is 0.847. The highest BCUT2D eigenvalue weighted by molar-refractivity contribution is 7.80. The summed E-state index contributed by atoms with van der Waals surface area (Å²) in [4.78, 5) is 5.67. The maximum absolute atomic E-state index is 5.54. The average Bonchev–Trinajstić information content (AvgIpc) is 2.46. The number of rotatable bonds is 1. The number of anilines is 2. The molecule has 7 nitrogen and oxygen atoms in total. The fourth-order valence-electron chi connectivity index (χ4n) is 0.713. The van der Waals surface area contributed by atoms with Crippen LogP contribution in [0.2, 0.25) is 0 Å². The van der Waals surface area contributed by atoms with Crippen LogP contribution in [-0.4, -0.2) is 34.0 Å². The molecule has 0 aromatic carbocycles. The lowest BCUT2D eigenvalue weighted by atomic mass is 10.8. The first-order chi connectivity index (χ1) is 6.06. The Morgan fingerprint density at radius 2 is 2.23 bits per heavy atom. The van der Waals surface area contributed by atoms with Crippen LogP contribution in [0.3, 0.4) is 0 Å². The number of thiocarbonyl (C=S) groups is 1. The Morgan fingerprint density at radius 1 is 1.62 bits per heavy atom. The van der Waals surface area contributed by atoms with E-state index in [-0.39, 0.29) is 11.1 Å². The minimum absolute atomic E-state index is 0.201. The Hall–Kier alpha value is -1.41. The minimum Gasteiger partial charge on any atom is -0.368 e. The zero-order valence-corrected chi connectivity index (χ0v) is 8.17. The Morgan fingerprint density at radius 3 is 2.62 bits per heavy atom. The summed E-state index contributed by atoms with van der Waals surface area (Å²) in [7, 11) is 3.61. The molecule has 1 heterocycles. The first-order valence-corrected chi connectivity index (χ1v) is 3.88. The van der Waals surface area contributed by atoms with E-state index in [4.69, 9.17) is 23.8 Å². The van der Waals surface area contributed by atoms with Crippen LogP contribution in [0.4, 0.5) is 11.9 Å². The number of nitrogens with two attached hydrogens (primary N) is 2. The maximum Gasteiger partial charge on any atom is 0.246 e. The zero-order chi connectivity index (χ0) is 10.0. The van der Waals surface area contributed by atoms with Crippen LogP contribution in [0.5, 0.6) is 0 Å². The summed E-state index contributed by atoms with van der Waals surface area (Å²) in [6.07, 6.45) is 0. The average molecular weight is 201 g/mol. The summed E-state index contributed by atoms with van der Waals surface area (Å²) in [6.45, 7) is 0. The molecule has 72 valence electrons. The first-order valence-electron chi connectivity index (χ1n) is 3.47. The molecule has 0 aliphatic rings. The summed E-state index contributed by atoms with van der Waals surface area (Å²) in [5.74, 6) is 5.79. The summed E-state index contributed by atoms with van der Waals surface area (Å²) >= 11 is 4.83. The van der Waals surface area contributed by atoms with Crippen LogP contribution < -0.4 is 21.9 Å². The molecule has 5 N–H and O–H groups in total. The zero-order valence-electron chi connectivity index (χ0n) is 7.35. The number of nitrogens with zero attached hydrogens (tertiary/aromatic N) is 4. The van der Waals surface area contributed by atoms with E-state index < -0.39 is 0 Å². The van der Waals surface area contributed by atoms with Crippen LogP contribution in [0.1, 0.15) is 0 Å². The van der Waals surface area contributed by atoms with Crippen molar-refractivity contribution in [2.24, 2.45) is 5.84 Å². The van der Waals surface area contributed by atoms with Crippen LogP contribution in [-0.2, 0) is 0 Å². The molecule has 0 bridgehead atoms. The van der Waals surface area contributed by atoms with Gasteiger partial charge in [0, 0.05) is 14.1 Å². The van der Waals surface area contributed by atoms with Crippen molar-refractivity contribution in [2.45, 2.75) is 0 Å². The largest absolute Gasteiger partial charge is 0.368 e. The molecule has 0 unspecified atom stereocenters. The van der Waals surface area contributed by atoms with Crippen molar-refractivity contribution in [3.63, 3.8) is 0 Å². The van der Waals surface area contributed by atoms with Gasteiger partial charge in [-0.15, -0.1) is 5.10 Å². The van der Waals surface area contributed by atoms with Gasteiger partial charge in [-0.1, -0.05) is 0 Å². The SMILES string of the molecule is CN(C)c1nc(N)n(C(=S)NN)n1. The Labute approximate surface area is 80.7 Å². The fraction of sp³-hybridized carbons (Fsp3) is 0.400. The quantitative estimate of drug-likeness (QED) is 0.289. The number of hydrogen-bond donors (Lipinski definition) is 3. The monoisotopic (exact) mass is 201 g/mol. The van der Waals surface area contributed by atoms with Gasteiger partial charge in [-0.2, -0.15) is 9.67 Å². The van der Waals surface area contributed by atoms with Gasteiger partial charge in [0.15, 0.2) is 0 Å². The third-order valence-electron chi connectivity index (χ3n) is 1.34. The number of hydrogen-bond acceptors (Lipinski definition) is 6. The predicted molar refractivity (Wildman–Crippen MR) is 54.1 cm³/mol. The van der Waals surface area contributed by atoms with E-state index in [1.54, 1.807) is 19.0 Å². The standard InChI is InChI=1S/C5H11N7S/c1-11(2)4-8-3(6)12(10-4)5(13)9-7/h7H2,1-2H3,(H,9,13)(H2,6,8,10). The van der Waals surface area contributed by atoms with E-state index in [0.29, 0.717) is 5.95 Å². The summed E-state index contributed by atoms with van der Waals surface area (Å²) in [5.41, 5.74) is 7.80. The Bertz CT molecular complexity index is 317. The molecule has 0 fully saturated rings. The minimum atomic E-state index is 0.201. The Kier molecular flexibility index (Phi) is 2.63. The predicted octanol–water partition coefficient (Wildman–Crippen LogP) is -1.48. The van der Waals surface area contributed by atoms with Gasteiger partial charge in [-0.05, 0) is 12.2 Å². The highest BCUT2D eigenvalue weighted by Crippen LogP contribution is 2.06. The van der Waals surface area contributed by atoms with Crippen molar-refractivity contribution in [2.75, 3.05) is 24.7 Å². The van der Waals surface area contributed by atoms with Gasteiger partial charge in [0.1, 0.15) is 0 Å². The number of nitrogen functional groups attached to an aromatic ring is 1. The lowest BCUT2D eigenvalue weighted by molar-refractivity contribution is 0.870. The van der Waals surface area contributed by atoms with E-state index in [9.17, 15) is 0 Å². The van der Waals surface area contributed by atoms with Crippen LogP contribution in [0, 0.1) is 0 Å². The summed E-state index contributed by atoms with van der Waals surface area (Å²) in [6, 6.07) is 0. The van der Waals surface area contributed by atoms with Gasteiger partial charge in [0.2, 0.25) is 17.0 Å². The molecule has 1 rings (SSSR count). The van der Waals surface area contributed by atoms with Crippen LogP contribution >= 0.6 is 12.2 Å². The molecule has 0 aliphatic carbocycles. The van der Waals surface area contributed by atoms with Crippen molar-refractivity contribution >= 4 is 29.2 Å². The molecule has 1 aromatic heterocycles. The molecule has 0 amide bonds. The lowest BCUT2D eigenvalue weighted by Gasteiger charge is -2.04. The molecule has 0 spiro atoms. The molecule has 0 saturated carbocycles. The maximum atomic E-state index is 5.54. The molecule has 0 aliphatic heterocycles. The normalized spacial score (nSPS) is 9.77. The van der Waals surface area contributed by atoms with Gasteiger partial charge in [-0.25, -0.2) is 5.84 Å². The van der Waals surface area contributed by atoms with Crippen molar-refractivity contribution in [1.29, 1.82) is 0 Å². The second kappa shape index (κ2) is 3.54. The van der Waals surface area contributed by atoms with Crippen molar-refractivity contribution in [1.82, 2.24) is 20.2 Å². The van der Waals surface area contributed by atoms with Crippen molar-refractivity contribution in [3.8, 4) is 0 Å². The van der Waals surface area contributed by atoms with E-state index in [0.717, 1.165) is 0 Å². The highest BCUT2D eigenvalue weighted by Gasteiger charge is 2.10. The van der Waals surface area contributed by atoms with Gasteiger partial charge in [0.05, 0.1) is 0 Å². The molecule has 1 aromatic rings. The van der Waals surface area contributed by atoms with E-state index in [1.807, 2.05) is 0 Å². The molecule has 8 heteroatoms. The van der Waals surface area contributed by atoms with Crippen LogP contribution in [0.15, 0.2) is 0 Å². The van der Waals surface area contributed by atoms with Gasteiger partial charge >= 0.3 is 0 Å². The molecular formula is C5H11N7S. The van der Waals surface area contributed by atoms with Gasteiger partial charge in [-0.3, -0.25) is 5.43 Å². The van der Waals surface area contributed by atoms with Gasteiger partial charge < -0.3 is 10.6 Å². The molecule has 0 saturated heterocycles. The molecule has 13 heavy (non-hydrogen) atoms. The number of hydrazine groups is 1. The third-order valence-corrected chi connectivity index (χ3v) is 1.63. The molecule has 0 atom stereocenters. The Balaban J connectivity index is 3.03. The van der Waals surface area contributed by atoms with Crippen molar-refractivity contribution in [3.05, 3.63) is 0 Å². The highest BCUT2D eigenvalue weighted by atomic mass is 32.1. The van der Waals surface area contributed by atoms with E-state index in [2.05, 4.69) is 15.5 Å². The van der Waals surface area contributed by atoms with Crippen molar-refractivity contribution < 1.29 is 0 Å². The lowest BCUT2D eigenvalue weighted by Crippen LogP contribution is -2.35. The first kappa shape index (κ1) is 9.68. The number of aromatic nitrogens is 3. The molecular weight excluding hydrogens is 190 g/mol. The van der Waals surface area contributed by atoms with E-state index >= 15 is 0 Å².